The molecule has 4 N–H and O–H groups in total. The molecule has 2 aliphatic heterocycles. The van der Waals surface area contributed by atoms with Crippen LogP contribution in [0.1, 0.15) is 36.9 Å². The summed E-state index contributed by atoms with van der Waals surface area (Å²) in [4.78, 5) is 34.3. The summed E-state index contributed by atoms with van der Waals surface area (Å²) in [6.45, 7) is 2.39. The first-order valence-electron chi connectivity index (χ1n) is 8.81. The van der Waals surface area contributed by atoms with E-state index in [-0.39, 0.29) is 42.6 Å². The van der Waals surface area contributed by atoms with Crippen molar-refractivity contribution in [2.45, 2.75) is 38.6 Å². The van der Waals surface area contributed by atoms with Crippen LogP contribution in [0.15, 0.2) is 24.3 Å². The topological polar surface area (TPSA) is 109 Å². The molecule has 140 valence electrons. The van der Waals surface area contributed by atoms with E-state index in [4.69, 9.17) is 4.74 Å². The van der Waals surface area contributed by atoms with Crippen LogP contribution in [0.4, 0.5) is 4.79 Å². The molecule has 8 heteroatoms. The lowest BCUT2D eigenvalue weighted by Crippen LogP contribution is -2.58. The quantitative estimate of drug-likeness (QED) is 0.615. The number of urea groups is 1. The maximum absolute atomic E-state index is 11.9. The molecule has 3 atom stereocenters. The summed E-state index contributed by atoms with van der Waals surface area (Å²) in [5.41, 5.74) is 1.97. The number of hydrogen-bond donors (Lipinski definition) is 4. The molecule has 0 aromatic heterocycles. The minimum atomic E-state index is -0.241. The van der Waals surface area contributed by atoms with Gasteiger partial charge in [-0.05, 0) is 24.0 Å². The molecule has 4 amide bonds. The Morgan fingerprint density at radius 1 is 1.19 bits per heavy atom. The summed E-state index contributed by atoms with van der Waals surface area (Å²) >= 11 is 0. The highest BCUT2D eigenvalue weighted by molar-refractivity contribution is 5.83. The van der Waals surface area contributed by atoms with Gasteiger partial charge in [0, 0.05) is 26.0 Å². The molecule has 2 heterocycles. The molecule has 0 radical (unpaired) electrons. The predicted octanol–water partition coefficient (Wildman–Crippen LogP) is 0.546. The third-order valence-corrected chi connectivity index (χ3v) is 4.68. The summed E-state index contributed by atoms with van der Waals surface area (Å²) in [6, 6.07) is 7.50. The summed E-state index contributed by atoms with van der Waals surface area (Å²) in [6.07, 6.45) is 1.73. The SMILES string of the molecule is CC(=O)NCC(=O)NCc1ccc([C@@H]2NC(=O)N[C@H]3OCCC[C@H]32)cc1. The number of fused-ring (bicyclic) bond motifs is 1. The first-order valence-corrected chi connectivity index (χ1v) is 8.81. The Labute approximate surface area is 152 Å². The van der Waals surface area contributed by atoms with E-state index in [0.717, 1.165) is 24.0 Å². The number of ether oxygens (including phenoxy) is 1. The number of amides is 4. The van der Waals surface area contributed by atoms with E-state index < -0.39 is 0 Å². The lowest BCUT2D eigenvalue weighted by molar-refractivity contribution is -0.125. The van der Waals surface area contributed by atoms with E-state index in [0.29, 0.717) is 13.2 Å². The third-order valence-electron chi connectivity index (χ3n) is 4.68. The van der Waals surface area contributed by atoms with Crippen molar-refractivity contribution in [2.75, 3.05) is 13.2 Å². The van der Waals surface area contributed by atoms with Gasteiger partial charge >= 0.3 is 6.03 Å². The van der Waals surface area contributed by atoms with Crippen molar-refractivity contribution in [1.82, 2.24) is 21.3 Å². The van der Waals surface area contributed by atoms with Crippen molar-refractivity contribution in [3.8, 4) is 0 Å². The molecule has 8 nitrogen and oxygen atoms in total. The lowest BCUT2D eigenvalue weighted by atomic mass is 9.85. The molecule has 0 unspecified atom stereocenters. The largest absolute Gasteiger partial charge is 0.358 e. The normalized spacial score (nSPS) is 24.7. The van der Waals surface area contributed by atoms with Crippen LogP contribution in [-0.2, 0) is 20.9 Å². The van der Waals surface area contributed by atoms with Crippen molar-refractivity contribution in [3.05, 3.63) is 35.4 Å². The fourth-order valence-electron chi connectivity index (χ4n) is 3.35. The van der Waals surface area contributed by atoms with Gasteiger partial charge in [0.05, 0.1) is 12.6 Å². The maximum Gasteiger partial charge on any atom is 0.317 e. The molecule has 2 aliphatic rings. The zero-order valence-electron chi connectivity index (χ0n) is 14.7. The molecule has 0 spiro atoms. The van der Waals surface area contributed by atoms with E-state index in [1.165, 1.54) is 6.92 Å². The van der Waals surface area contributed by atoms with Gasteiger partial charge in [-0.2, -0.15) is 0 Å². The lowest BCUT2D eigenvalue weighted by Gasteiger charge is -2.41. The van der Waals surface area contributed by atoms with Gasteiger partial charge in [0.25, 0.3) is 0 Å². The molecule has 3 rings (SSSR count). The Kier molecular flexibility index (Phi) is 5.72. The van der Waals surface area contributed by atoms with Gasteiger partial charge in [-0.25, -0.2) is 4.79 Å². The van der Waals surface area contributed by atoms with Crippen LogP contribution in [0.25, 0.3) is 0 Å². The Morgan fingerprint density at radius 3 is 2.69 bits per heavy atom. The van der Waals surface area contributed by atoms with Gasteiger partial charge in [0.15, 0.2) is 0 Å². The van der Waals surface area contributed by atoms with Gasteiger partial charge in [0.2, 0.25) is 11.8 Å². The smallest absolute Gasteiger partial charge is 0.317 e. The summed E-state index contributed by atoms with van der Waals surface area (Å²) in [7, 11) is 0. The molecule has 26 heavy (non-hydrogen) atoms. The minimum absolute atomic E-state index is 0.0302. The van der Waals surface area contributed by atoms with Gasteiger partial charge < -0.3 is 26.0 Å². The van der Waals surface area contributed by atoms with E-state index in [9.17, 15) is 14.4 Å². The highest BCUT2D eigenvalue weighted by Gasteiger charge is 2.39. The number of rotatable bonds is 5. The fourth-order valence-corrected chi connectivity index (χ4v) is 3.35. The van der Waals surface area contributed by atoms with Crippen molar-refractivity contribution in [1.29, 1.82) is 0 Å². The molecular formula is C18H24N4O4. The highest BCUT2D eigenvalue weighted by Crippen LogP contribution is 2.34. The van der Waals surface area contributed by atoms with Crippen molar-refractivity contribution < 1.29 is 19.1 Å². The van der Waals surface area contributed by atoms with Gasteiger partial charge in [-0.15, -0.1) is 0 Å². The van der Waals surface area contributed by atoms with Crippen LogP contribution >= 0.6 is 0 Å². The van der Waals surface area contributed by atoms with Crippen LogP contribution in [0, 0.1) is 5.92 Å². The Balaban J connectivity index is 1.59. The van der Waals surface area contributed by atoms with Gasteiger partial charge in [-0.1, -0.05) is 24.3 Å². The molecule has 0 aliphatic carbocycles. The minimum Gasteiger partial charge on any atom is -0.358 e. The van der Waals surface area contributed by atoms with E-state index >= 15 is 0 Å². The van der Waals surface area contributed by atoms with Gasteiger partial charge in [-0.3, -0.25) is 9.59 Å². The molecule has 2 saturated heterocycles. The number of benzene rings is 1. The van der Waals surface area contributed by atoms with Crippen LogP contribution < -0.4 is 21.3 Å². The highest BCUT2D eigenvalue weighted by atomic mass is 16.5. The third kappa shape index (κ3) is 4.51. The second kappa shape index (κ2) is 8.18. The summed E-state index contributed by atoms with van der Waals surface area (Å²) in [5, 5.41) is 11.0. The molecule has 0 saturated carbocycles. The van der Waals surface area contributed by atoms with Crippen LogP contribution in [0.2, 0.25) is 0 Å². The zero-order valence-corrected chi connectivity index (χ0v) is 14.7. The number of carbonyl (C=O) groups is 3. The Morgan fingerprint density at radius 2 is 1.96 bits per heavy atom. The molecule has 2 fully saturated rings. The average Bonchev–Trinajstić information content (AvgIpc) is 2.64. The molecule has 0 bridgehead atoms. The Hall–Kier alpha value is -2.61. The fraction of sp³-hybridized carbons (Fsp3) is 0.500. The molecular weight excluding hydrogens is 336 g/mol. The monoisotopic (exact) mass is 360 g/mol. The van der Waals surface area contributed by atoms with Crippen molar-refractivity contribution in [3.63, 3.8) is 0 Å². The number of hydrogen-bond acceptors (Lipinski definition) is 4. The van der Waals surface area contributed by atoms with Crippen LogP contribution in [-0.4, -0.2) is 37.2 Å². The molecule has 1 aromatic rings. The summed E-state index contributed by atoms with van der Waals surface area (Å²) < 4.78 is 5.68. The van der Waals surface area contributed by atoms with Crippen LogP contribution in [0.3, 0.4) is 0 Å². The number of carbonyl (C=O) groups excluding carboxylic acids is 3. The summed E-state index contributed by atoms with van der Waals surface area (Å²) in [5.74, 6) is -0.278. The van der Waals surface area contributed by atoms with Crippen LogP contribution in [0.5, 0.6) is 0 Å². The zero-order chi connectivity index (χ0) is 18.5. The first kappa shape index (κ1) is 18.2. The Bertz CT molecular complexity index is 676. The predicted molar refractivity (Wildman–Crippen MR) is 93.8 cm³/mol. The second-order valence-electron chi connectivity index (χ2n) is 6.62. The average molecular weight is 360 g/mol. The van der Waals surface area contributed by atoms with E-state index in [1.54, 1.807) is 0 Å². The van der Waals surface area contributed by atoms with E-state index in [1.807, 2.05) is 24.3 Å². The van der Waals surface area contributed by atoms with Crippen molar-refractivity contribution in [2.24, 2.45) is 5.92 Å². The van der Waals surface area contributed by atoms with Gasteiger partial charge in [0.1, 0.15) is 6.23 Å². The molecule has 1 aromatic carbocycles. The first-order chi connectivity index (χ1) is 12.5. The second-order valence-corrected chi connectivity index (χ2v) is 6.62. The number of nitrogens with one attached hydrogen (secondary N) is 4. The maximum atomic E-state index is 11.9. The van der Waals surface area contributed by atoms with E-state index in [2.05, 4.69) is 21.3 Å². The van der Waals surface area contributed by atoms with Crippen molar-refractivity contribution >= 4 is 17.8 Å². The standard InChI is InChI=1S/C18H24N4O4/c1-11(23)19-10-15(24)20-9-12-4-6-13(7-5-12)16-14-3-2-8-26-17(14)22-18(25)21-16/h4-7,14,16-17H,2-3,8-10H2,1H3,(H,19,23)(H,20,24)(H2,21,22,25)/t14-,16-,17-/m0/s1.